The molecular weight excluding hydrogens is 623 g/mol. The van der Waals surface area contributed by atoms with E-state index < -0.39 is 31.8 Å². The van der Waals surface area contributed by atoms with E-state index in [1.54, 1.807) is 16.7 Å². The predicted molar refractivity (Wildman–Crippen MR) is 177 cm³/mol. The van der Waals surface area contributed by atoms with Crippen LogP contribution in [0.1, 0.15) is 61.7 Å². The van der Waals surface area contributed by atoms with E-state index >= 15 is 0 Å². The van der Waals surface area contributed by atoms with Crippen LogP contribution < -0.4 is 4.72 Å². The molecule has 0 saturated heterocycles. The number of aryl methyl sites for hydroxylation is 1. The number of carbonyl (C=O) groups is 1. The van der Waals surface area contributed by atoms with Crippen molar-refractivity contribution in [3.05, 3.63) is 111 Å². The number of non-ortho nitro benzene ring substituents is 1. The summed E-state index contributed by atoms with van der Waals surface area (Å²) in [6, 6.07) is 22.9. The molecule has 4 aromatic rings. The Balaban J connectivity index is 1.40. The molecule has 1 N–H and O–H groups in total. The first-order valence-corrected chi connectivity index (χ1v) is 18.0. The standard InChI is InChI=1S/C34H37N5O5S2/c1-23-8-7-11-25(18-23)21-45-32-36-35-31(38(32)27-12-14-28(15-13-27)39(41)42)29(19-24-9-5-4-6-10-24)37-46(43,44)22-34-17-16-26(20-30(34)40)33(34,2)3/h4-15,18,26,29,37H,16-17,19-22H2,1-3H3. The summed E-state index contributed by atoms with van der Waals surface area (Å²) in [5.41, 5.74) is 2.27. The van der Waals surface area contributed by atoms with E-state index in [0.29, 0.717) is 35.3 Å². The lowest BCUT2D eigenvalue weighted by Gasteiger charge is -2.36. The second-order valence-electron chi connectivity index (χ2n) is 13.0. The molecule has 6 rings (SSSR count). The van der Waals surface area contributed by atoms with Crippen LogP contribution in [0.2, 0.25) is 0 Å². The number of nitrogens with zero attached hydrogens (tertiary/aromatic N) is 4. The van der Waals surface area contributed by atoms with Crippen molar-refractivity contribution >= 4 is 33.3 Å². The van der Waals surface area contributed by atoms with E-state index in [-0.39, 0.29) is 29.6 Å². The quantitative estimate of drug-likeness (QED) is 0.105. The van der Waals surface area contributed by atoms with Crippen LogP contribution in [0.15, 0.2) is 84.0 Å². The second kappa shape index (κ2) is 12.4. The van der Waals surface area contributed by atoms with Crippen molar-refractivity contribution in [3.63, 3.8) is 0 Å². The Morgan fingerprint density at radius 3 is 2.39 bits per heavy atom. The molecule has 0 aliphatic heterocycles. The minimum absolute atomic E-state index is 0.0302. The Kier molecular flexibility index (Phi) is 8.64. The lowest BCUT2D eigenvalue weighted by molar-refractivity contribution is -0.384. The van der Waals surface area contributed by atoms with Gasteiger partial charge in [0.25, 0.3) is 5.69 Å². The van der Waals surface area contributed by atoms with Crippen molar-refractivity contribution in [1.82, 2.24) is 19.5 Å². The summed E-state index contributed by atoms with van der Waals surface area (Å²) < 4.78 is 32.9. The van der Waals surface area contributed by atoms with Crippen LogP contribution >= 0.6 is 11.8 Å². The maximum absolute atomic E-state index is 14.1. The van der Waals surface area contributed by atoms with Crippen LogP contribution in [0, 0.1) is 33.8 Å². The van der Waals surface area contributed by atoms with Crippen LogP contribution in [0.4, 0.5) is 5.69 Å². The summed E-state index contributed by atoms with van der Waals surface area (Å²) in [5, 5.41) is 21.0. The van der Waals surface area contributed by atoms with E-state index in [9.17, 15) is 23.3 Å². The zero-order chi connectivity index (χ0) is 32.7. The lowest BCUT2D eigenvalue weighted by atomic mass is 9.70. The molecule has 2 aliphatic rings. The van der Waals surface area contributed by atoms with E-state index in [4.69, 9.17) is 0 Å². The molecule has 0 spiro atoms. The zero-order valence-corrected chi connectivity index (χ0v) is 27.7. The predicted octanol–water partition coefficient (Wildman–Crippen LogP) is 6.37. The summed E-state index contributed by atoms with van der Waals surface area (Å²) in [6.45, 7) is 6.07. The highest BCUT2D eigenvalue weighted by Crippen LogP contribution is 2.64. The van der Waals surface area contributed by atoms with Crippen LogP contribution in [0.5, 0.6) is 0 Å². The molecule has 46 heavy (non-hydrogen) atoms. The van der Waals surface area contributed by atoms with Crippen molar-refractivity contribution in [2.24, 2.45) is 16.7 Å². The molecule has 2 saturated carbocycles. The van der Waals surface area contributed by atoms with Gasteiger partial charge in [0.2, 0.25) is 10.0 Å². The number of ketones is 1. The molecular formula is C34H37N5O5S2. The van der Waals surface area contributed by atoms with Crippen molar-refractivity contribution in [2.45, 2.75) is 63.4 Å². The number of carbonyl (C=O) groups excluding carboxylic acids is 1. The van der Waals surface area contributed by atoms with Gasteiger partial charge in [-0.2, -0.15) is 0 Å². The van der Waals surface area contributed by atoms with Gasteiger partial charge in [0.15, 0.2) is 11.0 Å². The first-order valence-electron chi connectivity index (χ1n) is 15.3. The normalized spacial score (nSPS) is 21.0. The summed E-state index contributed by atoms with van der Waals surface area (Å²) in [6.07, 6.45) is 2.11. The van der Waals surface area contributed by atoms with Crippen LogP contribution in [0.3, 0.4) is 0 Å². The minimum atomic E-state index is -4.00. The van der Waals surface area contributed by atoms with Gasteiger partial charge in [-0.3, -0.25) is 19.5 Å². The van der Waals surface area contributed by atoms with Crippen LogP contribution in [-0.2, 0) is 27.0 Å². The van der Waals surface area contributed by atoms with Gasteiger partial charge in [0.05, 0.1) is 16.7 Å². The van der Waals surface area contributed by atoms with Gasteiger partial charge in [-0.25, -0.2) is 13.1 Å². The van der Waals surface area contributed by atoms with Gasteiger partial charge < -0.3 is 0 Å². The van der Waals surface area contributed by atoms with Crippen molar-refractivity contribution < 1.29 is 18.1 Å². The summed E-state index contributed by atoms with van der Waals surface area (Å²) in [5.74, 6) is 0.875. The zero-order valence-electron chi connectivity index (χ0n) is 26.0. The van der Waals surface area contributed by atoms with Crippen molar-refractivity contribution in [2.75, 3.05) is 5.75 Å². The molecule has 10 nitrogen and oxygen atoms in total. The SMILES string of the molecule is Cc1cccc(CSc2nnc(C(Cc3ccccc3)NS(=O)(=O)CC34CCC(CC3=O)C4(C)C)n2-c2ccc([N+](=O)[O-])cc2)c1. The number of hydrogen-bond donors (Lipinski definition) is 1. The average molecular weight is 660 g/mol. The first-order chi connectivity index (χ1) is 21.9. The summed E-state index contributed by atoms with van der Waals surface area (Å²) >= 11 is 1.44. The highest BCUT2D eigenvalue weighted by atomic mass is 32.2. The summed E-state index contributed by atoms with van der Waals surface area (Å²) in [4.78, 5) is 24.2. The van der Waals surface area contributed by atoms with Gasteiger partial charge in [-0.15, -0.1) is 10.2 Å². The van der Waals surface area contributed by atoms with Crippen molar-refractivity contribution in [1.29, 1.82) is 0 Å². The maximum Gasteiger partial charge on any atom is 0.269 e. The number of thioether (sulfide) groups is 1. The van der Waals surface area contributed by atoms with E-state index in [1.807, 2.05) is 69.3 Å². The fraction of sp³-hybridized carbons (Fsp3) is 0.382. The fourth-order valence-corrected chi connectivity index (χ4v) is 10.2. The molecule has 0 amide bonds. The Morgan fingerprint density at radius 1 is 1.04 bits per heavy atom. The Morgan fingerprint density at radius 2 is 1.76 bits per heavy atom. The van der Waals surface area contributed by atoms with E-state index in [0.717, 1.165) is 23.1 Å². The van der Waals surface area contributed by atoms with Crippen LogP contribution in [-0.4, -0.2) is 39.6 Å². The van der Waals surface area contributed by atoms with Gasteiger partial charge >= 0.3 is 0 Å². The molecule has 3 aromatic carbocycles. The highest BCUT2D eigenvalue weighted by molar-refractivity contribution is 7.98. The Labute approximate surface area is 273 Å². The number of nitro groups is 1. The fourth-order valence-electron chi connectivity index (χ4n) is 7.24. The molecule has 3 unspecified atom stereocenters. The lowest BCUT2D eigenvalue weighted by Crippen LogP contribution is -2.46. The third-order valence-corrected chi connectivity index (χ3v) is 12.4. The number of nitro benzene ring substituents is 1. The topological polar surface area (TPSA) is 137 Å². The number of Topliss-reactive ketones (excluding diaryl/α,β-unsaturated/α-hetero) is 1. The van der Waals surface area contributed by atoms with E-state index in [1.165, 1.54) is 23.9 Å². The number of aromatic nitrogens is 3. The van der Waals surface area contributed by atoms with Crippen LogP contribution in [0.25, 0.3) is 5.69 Å². The molecule has 1 heterocycles. The third kappa shape index (κ3) is 6.13. The Bertz CT molecular complexity index is 1880. The Hall–Kier alpha value is -3.87. The molecule has 2 bridgehead atoms. The van der Waals surface area contributed by atoms with Crippen molar-refractivity contribution in [3.8, 4) is 5.69 Å². The smallest absolute Gasteiger partial charge is 0.269 e. The number of nitrogens with one attached hydrogen (secondary N) is 1. The number of fused-ring (bicyclic) bond motifs is 2. The number of sulfonamides is 1. The molecule has 2 aliphatic carbocycles. The number of benzene rings is 3. The van der Waals surface area contributed by atoms with Gasteiger partial charge in [0, 0.05) is 35.4 Å². The van der Waals surface area contributed by atoms with Gasteiger partial charge in [-0.1, -0.05) is 85.8 Å². The largest absolute Gasteiger partial charge is 0.299 e. The molecule has 2 fully saturated rings. The number of rotatable bonds is 12. The third-order valence-electron chi connectivity index (χ3n) is 9.92. The van der Waals surface area contributed by atoms with Gasteiger partial charge in [0.1, 0.15) is 5.78 Å². The molecule has 0 radical (unpaired) electrons. The average Bonchev–Trinajstić information content (AvgIpc) is 3.60. The first kappa shape index (κ1) is 32.1. The highest BCUT2D eigenvalue weighted by Gasteiger charge is 2.65. The molecule has 1 aromatic heterocycles. The monoisotopic (exact) mass is 659 g/mol. The number of hydrogen-bond acceptors (Lipinski definition) is 8. The second-order valence-corrected chi connectivity index (χ2v) is 15.7. The maximum atomic E-state index is 14.1. The van der Waals surface area contributed by atoms with Gasteiger partial charge in [-0.05, 0) is 60.8 Å². The minimum Gasteiger partial charge on any atom is -0.299 e. The molecule has 3 atom stereocenters. The summed E-state index contributed by atoms with van der Waals surface area (Å²) in [7, 11) is -4.00. The van der Waals surface area contributed by atoms with E-state index in [2.05, 4.69) is 21.0 Å². The molecule has 240 valence electrons. The molecule has 12 heteroatoms.